The first-order chi connectivity index (χ1) is 9.61. The Balaban J connectivity index is 2.13. The number of halogens is 1. The third-order valence-corrected chi connectivity index (χ3v) is 4.04. The Hall–Kier alpha value is -0.420. The third-order valence-electron chi connectivity index (χ3n) is 2.86. The zero-order valence-corrected chi connectivity index (χ0v) is 13.7. The Bertz CT molecular complexity index is 361. The Kier molecular flexibility index (Phi) is 9.10. The van der Waals surface area contributed by atoms with Gasteiger partial charge < -0.3 is 15.2 Å². The van der Waals surface area contributed by atoms with E-state index in [0.29, 0.717) is 17.6 Å². The van der Waals surface area contributed by atoms with Crippen molar-refractivity contribution in [1.29, 1.82) is 0 Å². The van der Waals surface area contributed by atoms with E-state index in [-0.39, 0.29) is 6.61 Å². The van der Waals surface area contributed by atoms with Gasteiger partial charge in [-0.25, -0.2) is 0 Å². The van der Waals surface area contributed by atoms with Crippen LogP contribution in [-0.2, 0) is 0 Å². The lowest BCUT2D eigenvalue weighted by atomic mass is 10.2. The van der Waals surface area contributed by atoms with Crippen LogP contribution in [0.2, 0.25) is 5.02 Å². The number of aliphatic hydroxyl groups is 1. The molecule has 0 aliphatic heterocycles. The van der Waals surface area contributed by atoms with Crippen LogP contribution in [0.1, 0.15) is 20.3 Å². The lowest BCUT2D eigenvalue weighted by molar-refractivity contribution is 0.104. The highest BCUT2D eigenvalue weighted by molar-refractivity contribution is 7.99. The van der Waals surface area contributed by atoms with Gasteiger partial charge in [-0.3, -0.25) is 0 Å². The van der Waals surface area contributed by atoms with Crippen LogP contribution in [0, 0.1) is 0 Å². The van der Waals surface area contributed by atoms with Gasteiger partial charge in [0.05, 0.1) is 0 Å². The van der Waals surface area contributed by atoms with Crippen molar-refractivity contribution >= 4 is 23.4 Å². The summed E-state index contributed by atoms with van der Waals surface area (Å²) in [6, 6.07) is 7.56. The average molecular weight is 318 g/mol. The molecule has 2 N–H and O–H groups in total. The van der Waals surface area contributed by atoms with Crippen molar-refractivity contribution in [3.05, 3.63) is 29.3 Å². The van der Waals surface area contributed by atoms with Gasteiger partial charge in [0.15, 0.2) is 0 Å². The zero-order valence-electron chi connectivity index (χ0n) is 12.1. The van der Waals surface area contributed by atoms with Crippen molar-refractivity contribution in [2.45, 2.75) is 32.4 Å². The molecule has 0 amide bonds. The minimum atomic E-state index is -0.507. The lowest BCUT2D eigenvalue weighted by Crippen LogP contribution is -2.36. The molecule has 1 aromatic carbocycles. The van der Waals surface area contributed by atoms with E-state index >= 15 is 0 Å². The van der Waals surface area contributed by atoms with Crippen molar-refractivity contribution in [2.24, 2.45) is 0 Å². The minimum absolute atomic E-state index is 0.283. The van der Waals surface area contributed by atoms with Crippen molar-refractivity contribution < 1.29 is 9.84 Å². The second-order valence-corrected chi connectivity index (χ2v) is 6.54. The maximum Gasteiger partial charge on any atom is 0.119 e. The second kappa shape index (κ2) is 10.3. The van der Waals surface area contributed by atoms with Gasteiger partial charge >= 0.3 is 0 Å². The molecule has 1 aromatic rings. The molecule has 0 bridgehead atoms. The second-order valence-electron chi connectivity index (χ2n) is 4.71. The molecular weight excluding hydrogens is 294 g/mol. The van der Waals surface area contributed by atoms with Crippen LogP contribution < -0.4 is 10.1 Å². The normalized spacial score (nSPS) is 14.0. The quantitative estimate of drug-likeness (QED) is 0.650. The Morgan fingerprint density at radius 3 is 2.70 bits per heavy atom. The van der Waals surface area contributed by atoms with Gasteiger partial charge in [0.2, 0.25) is 0 Å². The molecule has 2 unspecified atom stereocenters. The first-order valence-corrected chi connectivity index (χ1v) is 8.52. The van der Waals surface area contributed by atoms with Crippen LogP contribution in [0.4, 0.5) is 0 Å². The molecule has 0 spiro atoms. The number of benzene rings is 1. The highest BCUT2D eigenvalue weighted by Gasteiger charge is 2.08. The minimum Gasteiger partial charge on any atom is -0.491 e. The Morgan fingerprint density at radius 2 is 2.05 bits per heavy atom. The summed E-state index contributed by atoms with van der Waals surface area (Å²) < 4.78 is 5.50. The molecule has 0 aromatic heterocycles. The standard InChI is InChI=1S/C15H24ClNO2S/c1-3-20-9-8-12(2)17-10-14(18)11-19-15-6-4-13(16)5-7-15/h4-7,12,14,17-18H,3,8-11H2,1-2H3. The topological polar surface area (TPSA) is 41.5 Å². The van der Waals surface area contributed by atoms with E-state index in [0.717, 1.165) is 23.7 Å². The number of nitrogens with one attached hydrogen (secondary N) is 1. The van der Waals surface area contributed by atoms with Crippen LogP contribution in [0.25, 0.3) is 0 Å². The monoisotopic (exact) mass is 317 g/mol. The van der Waals surface area contributed by atoms with Gasteiger partial charge in [-0.2, -0.15) is 11.8 Å². The summed E-state index contributed by atoms with van der Waals surface area (Å²) in [4.78, 5) is 0. The van der Waals surface area contributed by atoms with Crippen molar-refractivity contribution in [3.8, 4) is 5.75 Å². The molecular formula is C15H24ClNO2S. The summed E-state index contributed by atoms with van der Waals surface area (Å²) in [5, 5.41) is 13.9. The SMILES string of the molecule is CCSCCC(C)NCC(O)COc1ccc(Cl)cc1. The largest absolute Gasteiger partial charge is 0.491 e. The molecule has 0 saturated heterocycles. The fourth-order valence-electron chi connectivity index (χ4n) is 1.63. The molecule has 3 nitrogen and oxygen atoms in total. The predicted octanol–water partition coefficient (Wildman–Crippen LogP) is 3.20. The molecule has 0 saturated carbocycles. The lowest BCUT2D eigenvalue weighted by Gasteiger charge is -2.17. The van der Waals surface area contributed by atoms with Crippen LogP contribution >= 0.6 is 23.4 Å². The van der Waals surface area contributed by atoms with E-state index in [1.54, 1.807) is 24.3 Å². The molecule has 2 atom stereocenters. The number of hydrogen-bond donors (Lipinski definition) is 2. The molecule has 0 aliphatic rings. The van der Waals surface area contributed by atoms with E-state index in [2.05, 4.69) is 19.2 Å². The highest BCUT2D eigenvalue weighted by Crippen LogP contribution is 2.15. The highest BCUT2D eigenvalue weighted by atomic mass is 35.5. The Labute approximate surface area is 131 Å². The third kappa shape index (κ3) is 8.00. The van der Waals surface area contributed by atoms with Crippen molar-refractivity contribution in [1.82, 2.24) is 5.32 Å². The maximum atomic E-state index is 9.87. The summed E-state index contributed by atoms with van der Waals surface area (Å²) in [6.07, 6.45) is 0.607. The molecule has 114 valence electrons. The van der Waals surface area contributed by atoms with Gasteiger partial charge in [-0.05, 0) is 49.1 Å². The van der Waals surface area contributed by atoms with Crippen molar-refractivity contribution in [3.63, 3.8) is 0 Å². The molecule has 20 heavy (non-hydrogen) atoms. The summed E-state index contributed by atoms with van der Waals surface area (Å²) >= 11 is 7.74. The fourth-order valence-corrected chi connectivity index (χ4v) is 2.56. The van der Waals surface area contributed by atoms with E-state index < -0.39 is 6.10 Å². The molecule has 0 aliphatic carbocycles. The average Bonchev–Trinajstić information content (AvgIpc) is 2.45. The molecule has 0 fully saturated rings. The molecule has 5 heteroatoms. The first-order valence-electron chi connectivity index (χ1n) is 6.99. The van der Waals surface area contributed by atoms with Crippen molar-refractivity contribution in [2.75, 3.05) is 24.7 Å². The van der Waals surface area contributed by atoms with Gasteiger partial charge in [0.1, 0.15) is 18.5 Å². The van der Waals surface area contributed by atoms with Crippen LogP contribution in [0.15, 0.2) is 24.3 Å². The van der Waals surface area contributed by atoms with E-state index in [1.165, 1.54) is 0 Å². The van der Waals surface area contributed by atoms with E-state index in [9.17, 15) is 5.11 Å². The summed E-state index contributed by atoms with van der Waals surface area (Å²) in [5.41, 5.74) is 0. The molecule has 0 radical (unpaired) electrons. The van der Waals surface area contributed by atoms with E-state index in [1.807, 2.05) is 11.8 Å². The predicted molar refractivity (Wildman–Crippen MR) is 88.0 cm³/mol. The summed E-state index contributed by atoms with van der Waals surface area (Å²) in [5.74, 6) is 3.03. The zero-order chi connectivity index (χ0) is 14.8. The number of thioether (sulfide) groups is 1. The van der Waals surface area contributed by atoms with E-state index in [4.69, 9.17) is 16.3 Å². The van der Waals surface area contributed by atoms with Crippen LogP contribution in [0.3, 0.4) is 0 Å². The fraction of sp³-hybridized carbons (Fsp3) is 0.600. The summed E-state index contributed by atoms with van der Waals surface area (Å²) in [7, 11) is 0. The van der Waals surface area contributed by atoms with Crippen LogP contribution in [-0.4, -0.2) is 41.9 Å². The number of ether oxygens (including phenoxy) is 1. The molecule has 0 heterocycles. The smallest absolute Gasteiger partial charge is 0.119 e. The maximum absolute atomic E-state index is 9.87. The van der Waals surface area contributed by atoms with Gasteiger partial charge in [-0.1, -0.05) is 18.5 Å². The number of rotatable bonds is 10. The Morgan fingerprint density at radius 1 is 1.35 bits per heavy atom. The summed E-state index contributed by atoms with van der Waals surface area (Å²) in [6.45, 7) is 5.14. The first kappa shape index (κ1) is 17.6. The number of aliphatic hydroxyl groups excluding tert-OH is 1. The van der Waals surface area contributed by atoms with Gasteiger partial charge in [0.25, 0.3) is 0 Å². The molecule has 1 rings (SSSR count). The van der Waals surface area contributed by atoms with Gasteiger partial charge in [0, 0.05) is 17.6 Å². The van der Waals surface area contributed by atoms with Gasteiger partial charge in [-0.15, -0.1) is 0 Å². The van der Waals surface area contributed by atoms with Crippen LogP contribution in [0.5, 0.6) is 5.75 Å². The number of hydrogen-bond acceptors (Lipinski definition) is 4.